The van der Waals surface area contributed by atoms with Gasteiger partial charge in [-0.25, -0.2) is 4.57 Å². The number of hydrogen-bond acceptors (Lipinski definition) is 4. The molecule has 0 aliphatic carbocycles. The van der Waals surface area contributed by atoms with Crippen molar-refractivity contribution in [3.8, 4) is 0 Å². The van der Waals surface area contributed by atoms with Gasteiger partial charge in [0.05, 0.1) is 12.2 Å². The molecule has 2 atom stereocenters. The van der Waals surface area contributed by atoms with Crippen LogP contribution < -0.4 is 0 Å². The minimum atomic E-state index is -3.43. The summed E-state index contributed by atoms with van der Waals surface area (Å²) >= 11 is 0. The molecule has 0 bridgehead atoms. The third-order valence-electron chi connectivity index (χ3n) is 3.45. The van der Waals surface area contributed by atoms with Gasteiger partial charge in [0.1, 0.15) is 0 Å². The van der Waals surface area contributed by atoms with Crippen LogP contribution in [0, 0.1) is 0 Å². The van der Waals surface area contributed by atoms with E-state index in [1.54, 1.807) is 0 Å². The van der Waals surface area contributed by atoms with Crippen LogP contribution in [-0.2, 0) is 18.1 Å². The lowest BCUT2D eigenvalue weighted by Gasteiger charge is -2.25. The Morgan fingerprint density at radius 2 is 1.25 bits per heavy atom. The van der Waals surface area contributed by atoms with Crippen LogP contribution in [0.5, 0.6) is 0 Å². The fourth-order valence-electron chi connectivity index (χ4n) is 2.00. The largest absolute Gasteiger partial charge is 0.475 e. The summed E-state index contributed by atoms with van der Waals surface area (Å²) in [4.78, 5) is 0. The van der Waals surface area contributed by atoms with E-state index in [0.717, 1.165) is 51.4 Å². The summed E-state index contributed by atoms with van der Waals surface area (Å²) in [5, 5.41) is 0. The normalized spacial score (nSPS) is 17.6. The standard InChI is InChI=1S/C15H33O4P/c1-6-10-12-14(8-3)18-20(16,17-5)19-15(9-4)13-11-7-2/h14-15H,6-13H2,1-5H3. The summed E-state index contributed by atoms with van der Waals surface area (Å²) in [6.07, 6.45) is 7.67. The van der Waals surface area contributed by atoms with Crippen LogP contribution in [0.2, 0.25) is 0 Å². The highest BCUT2D eigenvalue weighted by Gasteiger charge is 2.31. The van der Waals surface area contributed by atoms with Gasteiger partial charge in [-0.1, -0.05) is 53.4 Å². The van der Waals surface area contributed by atoms with E-state index < -0.39 is 7.82 Å². The molecule has 0 spiro atoms. The number of unbranched alkanes of at least 4 members (excludes halogenated alkanes) is 2. The monoisotopic (exact) mass is 308 g/mol. The molecule has 0 heterocycles. The molecule has 0 aromatic rings. The zero-order chi connectivity index (χ0) is 15.4. The van der Waals surface area contributed by atoms with Crippen molar-refractivity contribution in [2.45, 2.75) is 91.3 Å². The van der Waals surface area contributed by atoms with E-state index in [1.165, 1.54) is 7.11 Å². The van der Waals surface area contributed by atoms with Gasteiger partial charge in [0.25, 0.3) is 0 Å². The fraction of sp³-hybridized carbons (Fsp3) is 1.00. The fourth-order valence-corrected chi connectivity index (χ4v) is 3.46. The first-order valence-corrected chi connectivity index (χ1v) is 9.53. The number of phosphoric acid groups is 1. The summed E-state index contributed by atoms with van der Waals surface area (Å²) in [7, 11) is -2.02. The van der Waals surface area contributed by atoms with E-state index in [2.05, 4.69) is 13.8 Å². The van der Waals surface area contributed by atoms with Gasteiger partial charge in [-0.15, -0.1) is 0 Å². The van der Waals surface area contributed by atoms with Crippen LogP contribution in [0.15, 0.2) is 0 Å². The van der Waals surface area contributed by atoms with Crippen molar-refractivity contribution in [2.24, 2.45) is 0 Å². The predicted octanol–water partition coefficient (Wildman–Crippen LogP) is 5.71. The van der Waals surface area contributed by atoms with Gasteiger partial charge in [-0.3, -0.25) is 13.6 Å². The Hall–Kier alpha value is 0.110. The van der Waals surface area contributed by atoms with E-state index in [1.807, 2.05) is 13.8 Å². The van der Waals surface area contributed by atoms with Gasteiger partial charge in [0, 0.05) is 7.11 Å². The molecule has 0 amide bonds. The van der Waals surface area contributed by atoms with Crippen LogP contribution in [0.4, 0.5) is 0 Å². The molecule has 0 N–H and O–H groups in total. The summed E-state index contributed by atoms with van der Waals surface area (Å²) in [6, 6.07) is 0. The van der Waals surface area contributed by atoms with Crippen molar-refractivity contribution in [1.29, 1.82) is 0 Å². The minimum Gasteiger partial charge on any atom is -0.290 e. The van der Waals surface area contributed by atoms with E-state index in [4.69, 9.17) is 13.6 Å². The second-order valence-corrected chi connectivity index (χ2v) is 6.87. The molecule has 0 saturated carbocycles. The van der Waals surface area contributed by atoms with Crippen molar-refractivity contribution in [3.05, 3.63) is 0 Å². The lowest BCUT2D eigenvalue weighted by molar-refractivity contribution is 0.0529. The molecule has 0 aliphatic heterocycles. The molecule has 0 aromatic carbocycles. The van der Waals surface area contributed by atoms with Gasteiger partial charge in [0.2, 0.25) is 0 Å². The molecule has 20 heavy (non-hydrogen) atoms. The van der Waals surface area contributed by atoms with Crippen LogP contribution in [0.25, 0.3) is 0 Å². The second kappa shape index (κ2) is 11.7. The Balaban J connectivity index is 4.51. The lowest BCUT2D eigenvalue weighted by Crippen LogP contribution is -2.16. The average Bonchev–Trinajstić information content (AvgIpc) is 2.47. The van der Waals surface area contributed by atoms with Crippen molar-refractivity contribution in [1.82, 2.24) is 0 Å². The maximum Gasteiger partial charge on any atom is 0.475 e. The molecule has 122 valence electrons. The van der Waals surface area contributed by atoms with Gasteiger partial charge in [0.15, 0.2) is 0 Å². The molecular weight excluding hydrogens is 275 g/mol. The van der Waals surface area contributed by atoms with E-state index in [-0.39, 0.29) is 12.2 Å². The van der Waals surface area contributed by atoms with E-state index in [0.29, 0.717) is 0 Å². The third-order valence-corrected chi connectivity index (χ3v) is 5.01. The number of rotatable bonds is 13. The molecular formula is C15H33O4P. The van der Waals surface area contributed by atoms with Crippen LogP contribution >= 0.6 is 7.82 Å². The van der Waals surface area contributed by atoms with Crippen molar-refractivity contribution in [3.63, 3.8) is 0 Å². The topological polar surface area (TPSA) is 44.8 Å². The summed E-state index contributed by atoms with van der Waals surface area (Å²) < 4.78 is 29.0. The summed E-state index contributed by atoms with van der Waals surface area (Å²) in [5.41, 5.74) is 0. The highest BCUT2D eigenvalue weighted by Crippen LogP contribution is 2.52. The first-order chi connectivity index (χ1) is 9.55. The van der Waals surface area contributed by atoms with Crippen LogP contribution in [-0.4, -0.2) is 19.3 Å². The highest BCUT2D eigenvalue weighted by atomic mass is 31.2. The molecule has 4 nitrogen and oxygen atoms in total. The Morgan fingerprint density at radius 1 is 0.850 bits per heavy atom. The van der Waals surface area contributed by atoms with Gasteiger partial charge < -0.3 is 0 Å². The van der Waals surface area contributed by atoms with E-state index >= 15 is 0 Å². The zero-order valence-corrected chi connectivity index (χ0v) is 14.8. The first-order valence-electron chi connectivity index (χ1n) is 8.07. The molecule has 5 heteroatoms. The van der Waals surface area contributed by atoms with Gasteiger partial charge in [-0.05, 0) is 25.7 Å². The minimum absolute atomic E-state index is 0.0515. The molecule has 0 saturated heterocycles. The van der Waals surface area contributed by atoms with Crippen LogP contribution in [0.3, 0.4) is 0 Å². The zero-order valence-electron chi connectivity index (χ0n) is 13.9. The maximum atomic E-state index is 12.6. The molecule has 0 radical (unpaired) electrons. The summed E-state index contributed by atoms with van der Waals surface area (Å²) in [5.74, 6) is 0. The quantitative estimate of drug-likeness (QED) is 0.409. The maximum absolute atomic E-state index is 12.6. The molecule has 0 fully saturated rings. The Labute approximate surface area is 125 Å². The molecule has 2 unspecified atom stereocenters. The van der Waals surface area contributed by atoms with Crippen molar-refractivity contribution in [2.75, 3.05) is 7.11 Å². The lowest BCUT2D eigenvalue weighted by atomic mass is 10.1. The van der Waals surface area contributed by atoms with Crippen molar-refractivity contribution < 1.29 is 18.1 Å². The second-order valence-electron chi connectivity index (χ2n) is 5.19. The molecule has 0 aromatic heterocycles. The third kappa shape index (κ3) is 8.41. The van der Waals surface area contributed by atoms with E-state index in [9.17, 15) is 4.57 Å². The smallest absolute Gasteiger partial charge is 0.290 e. The Bertz CT molecular complexity index is 249. The Morgan fingerprint density at radius 3 is 1.50 bits per heavy atom. The molecule has 0 rings (SSSR count). The molecule has 0 aliphatic rings. The van der Waals surface area contributed by atoms with Crippen molar-refractivity contribution >= 4 is 7.82 Å². The van der Waals surface area contributed by atoms with Gasteiger partial charge in [-0.2, -0.15) is 0 Å². The number of hydrogen-bond donors (Lipinski definition) is 0. The van der Waals surface area contributed by atoms with Crippen LogP contribution in [0.1, 0.15) is 79.1 Å². The predicted molar refractivity (Wildman–Crippen MR) is 84.0 cm³/mol. The average molecular weight is 308 g/mol. The highest BCUT2D eigenvalue weighted by molar-refractivity contribution is 7.48. The SMILES string of the molecule is CCCCC(CC)OP(=O)(OC)OC(CC)CCCC. The Kier molecular flexibility index (Phi) is 11.8. The van der Waals surface area contributed by atoms with Gasteiger partial charge >= 0.3 is 7.82 Å². The summed E-state index contributed by atoms with van der Waals surface area (Å²) in [6.45, 7) is 8.34. The first kappa shape index (κ1) is 20.1. The number of phosphoric ester groups is 1.